The van der Waals surface area contributed by atoms with Crippen LogP contribution in [0.3, 0.4) is 0 Å². The number of hydrogen-bond acceptors (Lipinski definition) is 5. The first kappa shape index (κ1) is 23.7. The summed E-state index contributed by atoms with van der Waals surface area (Å²) >= 11 is 0. The van der Waals surface area contributed by atoms with Crippen molar-refractivity contribution in [1.29, 1.82) is 0 Å². The summed E-state index contributed by atoms with van der Waals surface area (Å²) < 4.78 is 58.8. The van der Waals surface area contributed by atoms with Crippen LogP contribution in [-0.4, -0.2) is 25.1 Å². The fourth-order valence-electron chi connectivity index (χ4n) is 4.36. The van der Waals surface area contributed by atoms with Gasteiger partial charge in [0.1, 0.15) is 6.61 Å². The Morgan fingerprint density at radius 3 is 2.39 bits per heavy atom. The molecule has 5 nitrogen and oxygen atoms in total. The zero-order valence-corrected chi connectivity index (χ0v) is 19.3. The number of ether oxygens (including phenoxy) is 1. The third kappa shape index (κ3) is 4.59. The lowest BCUT2D eigenvalue weighted by Crippen LogP contribution is -2.24. The van der Waals surface area contributed by atoms with E-state index in [4.69, 9.17) is 13.6 Å². The molecule has 0 fully saturated rings. The first-order valence-corrected chi connectivity index (χ1v) is 11.3. The number of hydrogen-bond donors (Lipinski definition) is 0. The molecule has 0 atom stereocenters. The summed E-state index contributed by atoms with van der Waals surface area (Å²) in [6.07, 6.45) is -3.19. The second-order valence-electron chi connectivity index (χ2n) is 8.48. The highest BCUT2D eigenvalue weighted by Gasteiger charge is 2.35. The second kappa shape index (κ2) is 9.54. The first-order chi connectivity index (χ1) is 17.3. The maximum atomic E-state index is 13.9. The van der Waals surface area contributed by atoms with Crippen LogP contribution in [-0.2, 0) is 12.7 Å². The molecule has 0 aliphatic heterocycles. The highest BCUT2D eigenvalue weighted by atomic mass is 19.4. The SMILES string of the molecule is CN(CCOc1c2occc2c(-c2ccccc2C(F)(F)F)c2ccc(=O)oc12)Cc1ccccc1. The van der Waals surface area contributed by atoms with Crippen LogP contribution in [0.25, 0.3) is 33.1 Å². The molecular formula is C28H22F3NO4. The van der Waals surface area contributed by atoms with E-state index in [9.17, 15) is 18.0 Å². The van der Waals surface area contributed by atoms with Crippen molar-refractivity contribution >= 4 is 21.9 Å². The van der Waals surface area contributed by atoms with Gasteiger partial charge in [-0.1, -0.05) is 48.5 Å². The van der Waals surface area contributed by atoms with Crippen LogP contribution in [0.2, 0.25) is 0 Å². The Morgan fingerprint density at radius 1 is 0.889 bits per heavy atom. The Balaban J connectivity index is 1.56. The van der Waals surface area contributed by atoms with Crippen LogP contribution in [0.5, 0.6) is 5.75 Å². The van der Waals surface area contributed by atoms with Crippen LogP contribution in [0.15, 0.2) is 92.7 Å². The van der Waals surface area contributed by atoms with E-state index in [-0.39, 0.29) is 34.6 Å². The molecule has 0 radical (unpaired) electrons. The number of furan rings is 1. The van der Waals surface area contributed by atoms with Crippen molar-refractivity contribution in [2.45, 2.75) is 12.7 Å². The number of fused-ring (bicyclic) bond motifs is 2. The maximum absolute atomic E-state index is 13.9. The summed E-state index contributed by atoms with van der Waals surface area (Å²) in [6.45, 7) is 1.50. The molecule has 5 rings (SSSR count). The van der Waals surface area contributed by atoms with E-state index >= 15 is 0 Å². The van der Waals surface area contributed by atoms with Gasteiger partial charge in [0.05, 0.1) is 11.8 Å². The molecule has 3 aromatic carbocycles. The van der Waals surface area contributed by atoms with Gasteiger partial charge in [0, 0.05) is 35.5 Å². The maximum Gasteiger partial charge on any atom is 0.417 e. The van der Waals surface area contributed by atoms with Crippen molar-refractivity contribution < 1.29 is 26.7 Å². The van der Waals surface area contributed by atoms with Crippen LogP contribution in [0.1, 0.15) is 11.1 Å². The fourth-order valence-corrected chi connectivity index (χ4v) is 4.36. The van der Waals surface area contributed by atoms with Crippen LogP contribution < -0.4 is 10.4 Å². The molecule has 36 heavy (non-hydrogen) atoms. The molecule has 0 saturated heterocycles. The molecule has 2 aromatic heterocycles. The van der Waals surface area contributed by atoms with E-state index in [0.717, 1.165) is 11.6 Å². The number of halogens is 3. The summed E-state index contributed by atoms with van der Waals surface area (Å²) in [4.78, 5) is 14.2. The van der Waals surface area contributed by atoms with E-state index in [1.54, 1.807) is 6.07 Å². The van der Waals surface area contributed by atoms with Gasteiger partial charge in [-0.05, 0) is 36.4 Å². The predicted octanol–water partition coefficient (Wildman–Crippen LogP) is 6.74. The van der Waals surface area contributed by atoms with E-state index < -0.39 is 17.4 Å². The lowest BCUT2D eigenvalue weighted by molar-refractivity contribution is -0.137. The van der Waals surface area contributed by atoms with Gasteiger partial charge in [-0.2, -0.15) is 13.2 Å². The van der Waals surface area contributed by atoms with Crippen molar-refractivity contribution in [2.24, 2.45) is 0 Å². The summed E-state index contributed by atoms with van der Waals surface area (Å²) in [7, 11) is 1.95. The zero-order chi connectivity index (χ0) is 25.3. The molecule has 0 amide bonds. The molecule has 0 unspecified atom stereocenters. The molecule has 0 spiro atoms. The lowest BCUT2D eigenvalue weighted by Gasteiger charge is -2.19. The molecule has 184 valence electrons. The molecule has 0 aliphatic carbocycles. The van der Waals surface area contributed by atoms with Crippen LogP contribution in [0.4, 0.5) is 13.2 Å². The summed E-state index contributed by atoms with van der Waals surface area (Å²) in [5.74, 6) is 0.184. The van der Waals surface area contributed by atoms with Crippen molar-refractivity contribution in [2.75, 3.05) is 20.2 Å². The van der Waals surface area contributed by atoms with Gasteiger partial charge >= 0.3 is 11.8 Å². The van der Waals surface area contributed by atoms with Gasteiger partial charge in [0.15, 0.2) is 11.2 Å². The molecule has 8 heteroatoms. The minimum atomic E-state index is -4.58. The average Bonchev–Trinajstić information content (AvgIpc) is 3.33. The van der Waals surface area contributed by atoms with Gasteiger partial charge in [0.2, 0.25) is 5.75 Å². The van der Waals surface area contributed by atoms with Gasteiger partial charge in [-0.3, -0.25) is 4.90 Å². The summed E-state index contributed by atoms with van der Waals surface area (Å²) in [5.41, 5.74) is 0.198. The monoisotopic (exact) mass is 493 g/mol. The number of nitrogens with zero attached hydrogens (tertiary/aromatic N) is 1. The van der Waals surface area contributed by atoms with Crippen molar-refractivity contribution in [3.63, 3.8) is 0 Å². The number of likely N-dealkylation sites (N-methyl/N-ethyl adjacent to an activating group) is 1. The number of alkyl halides is 3. The summed E-state index contributed by atoms with van der Waals surface area (Å²) in [5, 5.41) is 0.758. The van der Waals surface area contributed by atoms with Crippen molar-refractivity contribution in [3.05, 3.63) is 101 Å². The zero-order valence-electron chi connectivity index (χ0n) is 19.3. The largest absolute Gasteiger partial charge is 0.485 e. The number of rotatable bonds is 7. The number of benzene rings is 3. The Hall–Kier alpha value is -4.04. The predicted molar refractivity (Wildman–Crippen MR) is 131 cm³/mol. The molecule has 5 aromatic rings. The first-order valence-electron chi connectivity index (χ1n) is 11.3. The average molecular weight is 493 g/mol. The molecule has 0 saturated carbocycles. The van der Waals surface area contributed by atoms with E-state index in [1.165, 1.54) is 36.6 Å². The topological polar surface area (TPSA) is 55.8 Å². The van der Waals surface area contributed by atoms with Gasteiger partial charge in [0.25, 0.3) is 0 Å². The third-order valence-corrected chi connectivity index (χ3v) is 5.97. The van der Waals surface area contributed by atoms with Crippen LogP contribution in [0, 0.1) is 0 Å². The second-order valence-corrected chi connectivity index (χ2v) is 8.48. The Labute approximate surface area is 204 Å². The lowest BCUT2D eigenvalue weighted by atomic mass is 9.93. The minimum absolute atomic E-state index is 0.0376. The summed E-state index contributed by atoms with van der Waals surface area (Å²) in [6, 6.07) is 19.5. The Morgan fingerprint density at radius 2 is 1.61 bits per heavy atom. The quantitative estimate of drug-likeness (QED) is 0.235. The van der Waals surface area contributed by atoms with Gasteiger partial charge in [-0.15, -0.1) is 0 Å². The van der Waals surface area contributed by atoms with Gasteiger partial charge in [-0.25, -0.2) is 4.79 Å². The van der Waals surface area contributed by atoms with Crippen LogP contribution >= 0.6 is 0 Å². The molecule has 0 bridgehead atoms. The Bertz CT molecular complexity index is 1570. The molecule has 0 aliphatic rings. The molecule has 0 N–H and O–H groups in total. The van der Waals surface area contributed by atoms with Crippen molar-refractivity contribution in [1.82, 2.24) is 4.90 Å². The molecule has 2 heterocycles. The third-order valence-electron chi connectivity index (χ3n) is 5.97. The smallest absolute Gasteiger partial charge is 0.417 e. The van der Waals surface area contributed by atoms with E-state index in [2.05, 4.69) is 4.90 Å². The van der Waals surface area contributed by atoms with Crippen molar-refractivity contribution in [3.8, 4) is 16.9 Å². The van der Waals surface area contributed by atoms with Gasteiger partial charge < -0.3 is 13.6 Å². The van der Waals surface area contributed by atoms with E-state index in [1.807, 2.05) is 37.4 Å². The fraction of sp³-hybridized carbons (Fsp3) is 0.179. The molecular weight excluding hydrogens is 471 g/mol. The minimum Gasteiger partial charge on any atom is -0.485 e. The Kier molecular flexibility index (Phi) is 6.28. The van der Waals surface area contributed by atoms with E-state index in [0.29, 0.717) is 23.9 Å². The normalized spacial score (nSPS) is 12.0. The standard InChI is InChI=1S/C28H22F3NO4/c1-32(17-18-7-3-2-4-8-18)14-16-35-27-25-21(13-15-34-25)24(20-11-12-23(33)36-26(20)27)19-9-5-6-10-22(19)28(29,30)31/h2-13,15H,14,16-17H2,1H3. The highest BCUT2D eigenvalue weighted by Crippen LogP contribution is 2.46. The highest BCUT2D eigenvalue weighted by molar-refractivity contribution is 6.14.